The van der Waals surface area contributed by atoms with Gasteiger partial charge in [0, 0.05) is 37.6 Å². The van der Waals surface area contributed by atoms with E-state index in [0.29, 0.717) is 48.4 Å². The van der Waals surface area contributed by atoms with Gasteiger partial charge in [0.2, 0.25) is 5.95 Å². The number of hydrogen-bond donors (Lipinski definition) is 3. The molecule has 172 valence electrons. The topological polar surface area (TPSA) is 117 Å². The lowest BCUT2D eigenvalue weighted by Gasteiger charge is -2.57. The Morgan fingerprint density at radius 1 is 1.06 bits per heavy atom. The summed E-state index contributed by atoms with van der Waals surface area (Å²) in [5, 5.41) is 16.9. The maximum absolute atomic E-state index is 12.9. The molecule has 6 aliphatic rings. The Balaban J connectivity index is 1.01. The second-order valence-corrected chi connectivity index (χ2v) is 10.7. The zero-order valence-corrected chi connectivity index (χ0v) is 18.2. The molecule has 1 saturated heterocycles. The highest BCUT2D eigenvalue weighted by molar-refractivity contribution is 5.94. The number of ether oxygens (including phenoxy) is 1. The molecule has 9 heteroatoms. The summed E-state index contributed by atoms with van der Waals surface area (Å²) in [5.41, 5.74) is -0.0599. The number of carbonyl (C=O) groups excluding carboxylic acids is 2. The van der Waals surface area contributed by atoms with Crippen molar-refractivity contribution in [3.05, 3.63) is 18.0 Å². The molecule has 1 aromatic rings. The monoisotopic (exact) mass is 441 g/mol. The quantitative estimate of drug-likeness (QED) is 0.639. The van der Waals surface area contributed by atoms with Gasteiger partial charge in [0.15, 0.2) is 0 Å². The van der Waals surface area contributed by atoms with Crippen LogP contribution in [-0.2, 0) is 4.74 Å². The molecule has 5 aliphatic carbocycles. The standard InChI is InChI=1S/C23H31N5O4/c29-20(26-17-1-2-17)16-10-24-21(25-11-16)27-18-3-4-28(12-18)22(30)32-19-14-5-13-6-15(19)9-23(31,7-13)8-14/h10-11,13-15,17-19,31H,1-9,12H2,(H,26,29)(H,24,25,27)/t13?,14-,15?,18+,19?,23-/m0/s1. The molecule has 6 atom stereocenters. The Morgan fingerprint density at radius 3 is 2.44 bits per heavy atom. The maximum Gasteiger partial charge on any atom is 0.410 e. The van der Waals surface area contributed by atoms with Crippen molar-refractivity contribution in [2.24, 2.45) is 17.8 Å². The third-order valence-corrected chi connectivity index (χ3v) is 8.00. The van der Waals surface area contributed by atoms with E-state index in [2.05, 4.69) is 20.6 Å². The average Bonchev–Trinajstić information content (AvgIpc) is 3.44. The van der Waals surface area contributed by atoms with Crippen LogP contribution in [0.25, 0.3) is 0 Å². The van der Waals surface area contributed by atoms with Crippen LogP contribution in [0.3, 0.4) is 0 Å². The number of aromatic nitrogens is 2. The molecule has 2 heterocycles. The summed E-state index contributed by atoms with van der Waals surface area (Å²) in [6, 6.07) is 0.348. The minimum Gasteiger partial charge on any atom is -0.446 e. The largest absolute Gasteiger partial charge is 0.446 e. The fraction of sp³-hybridized carbons (Fsp3) is 0.739. The van der Waals surface area contributed by atoms with Gasteiger partial charge in [0.25, 0.3) is 5.91 Å². The second-order valence-electron chi connectivity index (χ2n) is 10.7. The number of nitrogens with one attached hydrogen (secondary N) is 2. The van der Waals surface area contributed by atoms with E-state index in [1.807, 2.05) is 0 Å². The summed E-state index contributed by atoms with van der Waals surface area (Å²) in [6.45, 7) is 1.17. The molecule has 3 N–H and O–H groups in total. The first-order valence-corrected chi connectivity index (χ1v) is 12.0. The van der Waals surface area contributed by atoms with E-state index in [4.69, 9.17) is 4.74 Å². The van der Waals surface area contributed by atoms with Crippen molar-refractivity contribution in [1.82, 2.24) is 20.2 Å². The lowest BCUT2D eigenvalue weighted by atomic mass is 9.53. The summed E-state index contributed by atoms with van der Waals surface area (Å²) < 4.78 is 6.01. The van der Waals surface area contributed by atoms with Crippen molar-refractivity contribution in [3.63, 3.8) is 0 Å². The van der Waals surface area contributed by atoms with Crippen LogP contribution in [0.4, 0.5) is 10.7 Å². The highest BCUT2D eigenvalue weighted by Gasteiger charge is 2.56. The van der Waals surface area contributed by atoms with Crippen LogP contribution in [0.1, 0.15) is 61.7 Å². The molecule has 5 saturated carbocycles. The van der Waals surface area contributed by atoms with Gasteiger partial charge < -0.3 is 25.4 Å². The average molecular weight is 442 g/mol. The number of rotatable bonds is 5. The number of hydrogen-bond acceptors (Lipinski definition) is 7. The van der Waals surface area contributed by atoms with Crippen molar-refractivity contribution < 1.29 is 19.4 Å². The van der Waals surface area contributed by atoms with Crippen molar-refractivity contribution in [1.29, 1.82) is 0 Å². The van der Waals surface area contributed by atoms with Gasteiger partial charge in [-0.3, -0.25) is 4.79 Å². The lowest BCUT2D eigenvalue weighted by molar-refractivity contribution is -0.177. The van der Waals surface area contributed by atoms with Gasteiger partial charge in [-0.05, 0) is 69.1 Å². The van der Waals surface area contributed by atoms with Crippen molar-refractivity contribution >= 4 is 17.9 Å². The highest BCUT2D eigenvalue weighted by atomic mass is 16.6. The van der Waals surface area contributed by atoms with Crippen LogP contribution in [0.15, 0.2) is 12.4 Å². The minimum absolute atomic E-state index is 0.0490. The molecule has 4 bridgehead atoms. The molecule has 0 radical (unpaired) electrons. The fourth-order valence-electron chi connectivity index (χ4n) is 6.56. The van der Waals surface area contributed by atoms with Gasteiger partial charge in [0.1, 0.15) is 6.10 Å². The van der Waals surface area contributed by atoms with Crippen LogP contribution in [0, 0.1) is 17.8 Å². The van der Waals surface area contributed by atoms with E-state index in [1.54, 1.807) is 4.90 Å². The molecular weight excluding hydrogens is 410 g/mol. The van der Waals surface area contributed by atoms with Gasteiger partial charge in [0.05, 0.1) is 11.2 Å². The summed E-state index contributed by atoms with van der Waals surface area (Å²) in [6.07, 6.45) is 10.3. The SMILES string of the molecule is O=C(NC1CC1)c1cnc(N[C@@H]2CCN(C(=O)OC3C4CC5C[C@H]3C[C@@](O)(C5)C4)C2)nc1. The van der Waals surface area contributed by atoms with Crippen LogP contribution < -0.4 is 10.6 Å². The zero-order chi connectivity index (χ0) is 21.9. The van der Waals surface area contributed by atoms with Crippen LogP contribution in [0.2, 0.25) is 0 Å². The summed E-state index contributed by atoms with van der Waals surface area (Å²) >= 11 is 0. The predicted molar refractivity (Wildman–Crippen MR) is 115 cm³/mol. The molecule has 0 aromatic carbocycles. The predicted octanol–water partition coefficient (Wildman–Crippen LogP) is 1.93. The molecule has 9 nitrogen and oxygen atoms in total. The Bertz CT molecular complexity index is 888. The lowest BCUT2D eigenvalue weighted by Crippen LogP contribution is -2.58. The smallest absolute Gasteiger partial charge is 0.410 e. The fourth-order valence-corrected chi connectivity index (χ4v) is 6.56. The third-order valence-electron chi connectivity index (χ3n) is 8.00. The first-order chi connectivity index (χ1) is 15.4. The van der Waals surface area contributed by atoms with E-state index >= 15 is 0 Å². The molecular formula is C23H31N5O4. The van der Waals surface area contributed by atoms with E-state index in [1.165, 1.54) is 12.4 Å². The van der Waals surface area contributed by atoms with E-state index in [9.17, 15) is 14.7 Å². The number of carbonyl (C=O) groups is 2. The van der Waals surface area contributed by atoms with Gasteiger partial charge in [-0.2, -0.15) is 0 Å². The first-order valence-electron chi connectivity index (χ1n) is 12.0. The molecule has 0 spiro atoms. The molecule has 2 amide bonds. The summed E-state index contributed by atoms with van der Waals surface area (Å²) in [4.78, 5) is 35.2. The van der Waals surface area contributed by atoms with Gasteiger partial charge >= 0.3 is 6.09 Å². The van der Waals surface area contributed by atoms with Gasteiger partial charge in [-0.1, -0.05) is 0 Å². The molecule has 6 fully saturated rings. The number of aliphatic hydroxyl groups is 1. The van der Waals surface area contributed by atoms with Crippen molar-refractivity contribution in [2.45, 2.75) is 75.2 Å². The third kappa shape index (κ3) is 3.91. The molecule has 32 heavy (non-hydrogen) atoms. The van der Waals surface area contributed by atoms with E-state index in [-0.39, 0.29) is 24.1 Å². The van der Waals surface area contributed by atoms with E-state index in [0.717, 1.165) is 51.4 Å². The Hall–Kier alpha value is -2.42. The van der Waals surface area contributed by atoms with Crippen LogP contribution >= 0.6 is 0 Å². The number of amides is 2. The highest BCUT2D eigenvalue weighted by Crippen LogP contribution is 2.56. The van der Waals surface area contributed by atoms with E-state index < -0.39 is 5.60 Å². The summed E-state index contributed by atoms with van der Waals surface area (Å²) in [5.74, 6) is 1.53. The number of likely N-dealkylation sites (tertiary alicyclic amines) is 1. The van der Waals surface area contributed by atoms with Crippen LogP contribution in [-0.4, -0.2) is 68.9 Å². The Labute approximate surface area is 187 Å². The molecule has 1 aromatic heterocycles. The van der Waals surface area contributed by atoms with Gasteiger partial charge in [-0.25, -0.2) is 14.8 Å². The molecule has 1 aliphatic heterocycles. The minimum atomic E-state index is -0.518. The zero-order valence-electron chi connectivity index (χ0n) is 18.2. The van der Waals surface area contributed by atoms with Crippen LogP contribution in [0.5, 0.6) is 0 Å². The second kappa shape index (κ2) is 7.57. The number of nitrogens with zero attached hydrogens (tertiary/aromatic N) is 3. The summed E-state index contributed by atoms with van der Waals surface area (Å²) in [7, 11) is 0. The maximum atomic E-state index is 12.9. The van der Waals surface area contributed by atoms with Crippen molar-refractivity contribution in [3.8, 4) is 0 Å². The Morgan fingerprint density at radius 2 is 1.78 bits per heavy atom. The normalized spacial score (nSPS) is 37.4. The molecule has 3 unspecified atom stereocenters. The number of anilines is 1. The Kier molecular flexibility index (Phi) is 4.78. The van der Waals surface area contributed by atoms with Gasteiger partial charge in [-0.15, -0.1) is 0 Å². The molecule has 7 rings (SSSR count). The van der Waals surface area contributed by atoms with Crippen molar-refractivity contribution in [2.75, 3.05) is 18.4 Å². The first kappa shape index (κ1) is 20.2.